The number of nitrogens with zero attached hydrogens (tertiary/aromatic N) is 2. The number of fused-ring (bicyclic) bond motifs is 3. The highest BCUT2D eigenvalue weighted by Gasteiger charge is 2.42. The van der Waals surface area contributed by atoms with Crippen LogP contribution in [0.1, 0.15) is 32.6 Å². The molecule has 2 aromatic rings. The van der Waals surface area contributed by atoms with Crippen LogP contribution in [-0.4, -0.2) is 27.5 Å². The van der Waals surface area contributed by atoms with Crippen LogP contribution in [0.15, 0.2) is 35.4 Å². The van der Waals surface area contributed by atoms with Crippen LogP contribution in [0.2, 0.25) is 0 Å². The monoisotopic (exact) mass is 368 g/mol. The summed E-state index contributed by atoms with van der Waals surface area (Å²) < 4.78 is 1.21. The number of amides is 3. The van der Waals surface area contributed by atoms with Gasteiger partial charge in [-0.2, -0.15) is 0 Å². The van der Waals surface area contributed by atoms with Crippen molar-refractivity contribution in [3.8, 4) is 0 Å². The van der Waals surface area contributed by atoms with Crippen molar-refractivity contribution in [1.82, 2.24) is 20.2 Å². The molecule has 2 bridgehead atoms. The molecule has 0 spiro atoms. The van der Waals surface area contributed by atoms with Gasteiger partial charge in [-0.25, -0.2) is 9.78 Å². The molecule has 2 aliphatic rings. The first-order valence-electron chi connectivity index (χ1n) is 9.56. The van der Waals surface area contributed by atoms with Crippen LogP contribution >= 0.6 is 0 Å². The molecule has 7 nitrogen and oxygen atoms in total. The first-order chi connectivity index (χ1) is 13.0. The van der Waals surface area contributed by atoms with Crippen molar-refractivity contribution < 1.29 is 9.59 Å². The number of hydrogen-bond donors (Lipinski definition) is 2. The summed E-state index contributed by atoms with van der Waals surface area (Å²) in [5.74, 6) is 1.47. The van der Waals surface area contributed by atoms with Crippen molar-refractivity contribution in [3.63, 3.8) is 0 Å². The average molecular weight is 368 g/mol. The molecule has 1 heterocycles. The Bertz CT molecular complexity index is 938. The van der Waals surface area contributed by atoms with Crippen molar-refractivity contribution in [2.24, 2.45) is 17.8 Å². The number of carbonyl (C=O) groups is 2. The van der Waals surface area contributed by atoms with Crippen LogP contribution in [0, 0.1) is 17.8 Å². The summed E-state index contributed by atoms with van der Waals surface area (Å²) >= 11 is 0. The number of carbonyl (C=O) groups excluding carboxylic acids is 2. The smallest absolute Gasteiger partial charge is 0.321 e. The third-order valence-corrected chi connectivity index (χ3v) is 6.09. The molecule has 0 aliphatic heterocycles. The van der Waals surface area contributed by atoms with Gasteiger partial charge in [0.25, 0.3) is 5.56 Å². The maximum absolute atomic E-state index is 12.4. The van der Waals surface area contributed by atoms with E-state index in [1.54, 1.807) is 24.3 Å². The fraction of sp³-hybridized carbons (Fsp3) is 0.500. The molecule has 1 aromatic carbocycles. The molecule has 2 saturated carbocycles. The molecule has 2 aliphatic carbocycles. The first-order valence-corrected chi connectivity index (χ1v) is 9.56. The van der Waals surface area contributed by atoms with E-state index in [-0.39, 0.29) is 18.1 Å². The Balaban J connectivity index is 1.34. The summed E-state index contributed by atoms with van der Waals surface area (Å²) in [6.07, 6.45) is 6.33. The van der Waals surface area contributed by atoms with Crippen LogP contribution in [0.25, 0.3) is 10.9 Å². The van der Waals surface area contributed by atoms with E-state index in [2.05, 4.69) is 15.6 Å². The number of aromatic nitrogens is 2. The predicted molar refractivity (Wildman–Crippen MR) is 101 cm³/mol. The quantitative estimate of drug-likeness (QED) is 0.864. The zero-order chi connectivity index (χ0) is 19.0. The third-order valence-electron chi connectivity index (χ3n) is 6.09. The van der Waals surface area contributed by atoms with Crippen LogP contribution in [0.3, 0.4) is 0 Å². The molecule has 142 valence electrons. The topological polar surface area (TPSA) is 93.1 Å². The number of imide groups is 1. The lowest BCUT2D eigenvalue weighted by atomic mass is 9.84. The summed E-state index contributed by atoms with van der Waals surface area (Å²) in [5.41, 5.74) is 0.281. The van der Waals surface area contributed by atoms with Gasteiger partial charge in [0.2, 0.25) is 5.91 Å². The van der Waals surface area contributed by atoms with Crippen molar-refractivity contribution >= 4 is 22.8 Å². The minimum absolute atomic E-state index is 0.0400. The van der Waals surface area contributed by atoms with Crippen molar-refractivity contribution in [2.75, 3.05) is 0 Å². The molecule has 7 heteroatoms. The Morgan fingerprint density at radius 3 is 2.81 bits per heavy atom. The Morgan fingerprint density at radius 1 is 1.26 bits per heavy atom. The summed E-state index contributed by atoms with van der Waals surface area (Å²) in [5, 5.41) is 5.67. The second-order valence-corrected chi connectivity index (χ2v) is 7.84. The van der Waals surface area contributed by atoms with Crippen LogP contribution in [0.5, 0.6) is 0 Å². The van der Waals surface area contributed by atoms with E-state index in [1.165, 1.54) is 30.2 Å². The maximum atomic E-state index is 12.4. The van der Waals surface area contributed by atoms with Crippen molar-refractivity contribution in [1.29, 1.82) is 0 Å². The Morgan fingerprint density at radius 2 is 2.07 bits per heavy atom. The second-order valence-electron chi connectivity index (χ2n) is 7.84. The summed E-state index contributed by atoms with van der Waals surface area (Å²) in [4.78, 5) is 40.9. The molecule has 2 N–H and O–H groups in total. The first kappa shape index (κ1) is 17.7. The van der Waals surface area contributed by atoms with E-state index < -0.39 is 11.9 Å². The van der Waals surface area contributed by atoms with Gasteiger partial charge in [-0.3, -0.25) is 19.5 Å². The van der Waals surface area contributed by atoms with Crippen LogP contribution < -0.4 is 16.2 Å². The molecule has 4 rings (SSSR count). The molecule has 4 atom stereocenters. The molecule has 0 unspecified atom stereocenters. The highest BCUT2D eigenvalue weighted by atomic mass is 16.2. The molecule has 0 saturated heterocycles. The second kappa shape index (κ2) is 7.13. The SMILES string of the molecule is C[C@@H](NC(=O)NC(=O)Cn1cnc2ccccc2c1=O)[C@@H]1C[C@H]2CC[C@H]1C2. The van der Waals surface area contributed by atoms with Crippen molar-refractivity contribution in [3.05, 3.63) is 40.9 Å². The summed E-state index contributed by atoms with van der Waals surface area (Å²) in [7, 11) is 0. The van der Waals surface area contributed by atoms with E-state index in [9.17, 15) is 14.4 Å². The Hall–Kier alpha value is -2.70. The van der Waals surface area contributed by atoms with E-state index in [1.807, 2.05) is 6.92 Å². The molecular weight excluding hydrogens is 344 g/mol. The fourth-order valence-electron chi connectivity index (χ4n) is 4.80. The third kappa shape index (κ3) is 3.59. The highest BCUT2D eigenvalue weighted by molar-refractivity contribution is 5.94. The standard InChI is InChI=1S/C20H24N4O3/c1-12(16-9-13-6-7-14(16)8-13)22-20(27)23-18(25)10-24-11-21-17-5-3-2-4-15(17)19(24)26/h2-5,11-14,16H,6-10H2,1H3,(H2,22,23,25,27)/t12-,13+,14+,16+/m1/s1. The summed E-state index contributed by atoms with van der Waals surface area (Å²) in [6.45, 7) is 1.76. The lowest BCUT2D eigenvalue weighted by Crippen LogP contribution is -2.48. The van der Waals surface area contributed by atoms with E-state index in [4.69, 9.17) is 0 Å². The van der Waals surface area contributed by atoms with Gasteiger partial charge in [0, 0.05) is 6.04 Å². The number of rotatable bonds is 4. The zero-order valence-electron chi connectivity index (χ0n) is 15.4. The fourth-order valence-corrected chi connectivity index (χ4v) is 4.80. The molecule has 2 fully saturated rings. The van der Waals surface area contributed by atoms with Gasteiger partial charge in [0.05, 0.1) is 17.2 Å². The van der Waals surface area contributed by atoms with Gasteiger partial charge in [0.1, 0.15) is 6.54 Å². The van der Waals surface area contributed by atoms with Gasteiger partial charge >= 0.3 is 6.03 Å². The molecule has 0 radical (unpaired) electrons. The Kier molecular flexibility index (Phi) is 4.68. The van der Waals surface area contributed by atoms with E-state index in [0.717, 1.165) is 12.3 Å². The van der Waals surface area contributed by atoms with Gasteiger partial charge < -0.3 is 5.32 Å². The van der Waals surface area contributed by atoms with Gasteiger partial charge in [0.15, 0.2) is 0 Å². The lowest BCUT2D eigenvalue weighted by molar-refractivity contribution is -0.120. The normalized spacial score (nSPS) is 24.7. The highest BCUT2D eigenvalue weighted by Crippen LogP contribution is 2.49. The Labute approximate surface area is 157 Å². The predicted octanol–water partition coefficient (Wildman–Crippen LogP) is 2.05. The van der Waals surface area contributed by atoms with E-state index >= 15 is 0 Å². The molecule has 27 heavy (non-hydrogen) atoms. The largest absolute Gasteiger partial charge is 0.335 e. The summed E-state index contributed by atoms with van der Waals surface area (Å²) in [6, 6.07) is 6.50. The van der Waals surface area contributed by atoms with Crippen molar-refractivity contribution in [2.45, 2.75) is 45.2 Å². The van der Waals surface area contributed by atoms with Gasteiger partial charge in [-0.15, -0.1) is 0 Å². The maximum Gasteiger partial charge on any atom is 0.321 e. The van der Waals surface area contributed by atoms with Gasteiger partial charge in [-0.1, -0.05) is 18.6 Å². The van der Waals surface area contributed by atoms with Crippen LogP contribution in [0.4, 0.5) is 4.79 Å². The number of nitrogens with one attached hydrogen (secondary N) is 2. The number of hydrogen-bond acceptors (Lipinski definition) is 4. The number of benzene rings is 1. The molecule has 3 amide bonds. The van der Waals surface area contributed by atoms with Crippen LogP contribution in [-0.2, 0) is 11.3 Å². The average Bonchev–Trinajstić information content (AvgIpc) is 3.27. The number of para-hydroxylation sites is 1. The molecule has 1 aromatic heterocycles. The number of urea groups is 1. The minimum atomic E-state index is -0.535. The van der Waals surface area contributed by atoms with E-state index in [0.29, 0.717) is 22.7 Å². The lowest BCUT2D eigenvalue weighted by Gasteiger charge is -2.28. The zero-order valence-corrected chi connectivity index (χ0v) is 15.4. The minimum Gasteiger partial charge on any atom is -0.335 e. The van der Waals surface area contributed by atoms with Gasteiger partial charge in [-0.05, 0) is 56.1 Å². The molecular formula is C20H24N4O3.